The Morgan fingerprint density at radius 2 is 1.30 bits per heavy atom. The molecule has 0 bridgehead atoms. The highest BCUT2D eigenvalue weighted by Gasteiger charge is 2.19. The zero-order valence-electron chi connectivity index (χ0n) is 22.6. The number of hydrogen-bond donors (Lipinski definition) is 0. The Morgan fingerprint density at radius 3 is 2.19 bits per heavy atom. The van der Waals surface area contributed by atoms with Crippen molar-refractivity contribution in [3.8, 4) is 29.0 Å². The van der Waals surface area contributed by atoms with Gasteiger partial charge >= 0.3 is 0 Å². The smallest absolute Gasteiger partial charge is 0.135 e. The van der Waals surface area contributed by atoms with Gasteiger partial charge < -0.3 is 8.98 Å². The predicted molar refractivity (Wildman–Crippen MR) is 176 cm³/mol. The third kappa shape index (κ3) is 3.35. The van der Waals surface area contributed by atoms with Gasteiger partial charge in [0.1, 0.15) is 17.2 Å². The third-order valence-corrected chi connectivity index (χ3v) is 9.73. The van der Waals surface area contributed by atoms with Crippen LogP contribution in [0.25, 0.3) is 80.7 Å². The van der Waals surface area contributed by atoms with Gasteiger partial charge in [0, 0.05) is 32.3 Å². The van der Waals surface area contributed by atoms with Gasteiger partial charge in [-0.1, -0.05) is 54.6 Å². The normalized spacial score (nSPS) is 11.7. The van der Waals surface area contributed by atoms with E-state index >= 15 is 0 Å². The number of nitrogens with zero attached hydrogens (tertiary/aromatic N) is 3. The first-order valence-corrected chi connectivity index (χ1v) is 14.8. The number of nitriles is 2. The van der Waals surface area contributed by atoms with E-state index in [1.165, 1.54) is 0 Å². The average molecular weight is 566 g/mol. The van der Waals surface area contributed by atoms with Crippen molar-refractivity contribution >= 4 is 75.3 Å². The van der Waals surface area contributed by atoms with E-state index in [4.69, 9.17) is 4.42 Å². The van der Waals surface area contributed by atoms with Crippen LogP contribution >= 0.6 is 11.3 Å². The number of benzene rings is 6. The van der Waals surface area contributed by atoms with E-state index in [1.54, 1.807) is 11.3 Å². The molecule has 9 rings (SSSR count). The molecule has 6 aromatic carbocycles. The molecule has 0 aliphatic carbocycles. The summed E-state index contributed by atoms with van der Waals surface area (Å²) in [4.78, 5) is 0. The predicted octanol–water partition coefficient (Wildman–Crippen LogP) is 10.5. The maximum atomic E-state index is 10.3. The molecule has 43 heavy (non-hydrogen) atoms. The Morgan fingerprint density at radius 1 is 0.535 bits per heavy atom. The average Bonchev–Trinajstić information content (AvgIpc) is 3.73. The number of furan rings is 1. The fourth-order valence-electron chi connectivity index (χ4n) is 6.52. The van der Waals surface area contributed by atoms with Gasteiger partial charge in [-0.15, -0.1) is 11.3 Å². The highest BCUT2D eigenvalue weighted by Crippen LogP contribution is 2.44. The Bertz CT molecular complexity index is 2710. The summed E-state index contributed by atoms with van der Waals surface area (Å²) in [6, 6.07) is 43.9. The molecule has 0 N–H and O–H groups in total. The van der Waals surface area contributed by atoms with Crippen molar-refractivity contribution in [1.82, 2.24) is 4.57 Å². The first-order chi connectivity index (χ1) is 21.2. The van der Waals surface area contributed by atoms with Gasteiger partial charge in [0.05, 0.1) is 43.3 Å². The van der Waals surface area contributed by atoms with E-state index in [2.05, 4.69) is 71.3 Å². The van der Waals surface area contributed by atoms with E-state index in [-0.39, 0.29) is 0 Å². The van der Waals surface area contributed by atoms with Crippen molar-refractivity contribution in [2.24, 2.45) is 0 Å². The van der Waals surface area contributed by atoms with Crippen molar-refractivity contribution in [2.45, 2.75) is 0 Å². The Balaban J connectivity index is 1.31. The van der Waals surface area contributed by atoms with Crippen molar-refractivity contribution < 1.29 is 4.42 Å². The molecule has 0 amide bonds. The first kappa shape index (κ1) is 23.8. The Labute approximate surface area is 249 Å². The maximum absolute atomic E-state index is 10.3. The molecule has 0 fully saturated rings. The van der Waals surface area contributed by atoms with Crippen LogP contribution in [0.15, 0.2) is 120 Å². The van der Waals surface area contributed by atoms with Crippen LogP contribution in [0.2, 0.25) is 0 Å². The van der Waals surface area contributed by atoms with Crippen molar-refractivity contribution in [3.05, 3.63) is 126 Å². The lowest BCUT2D eigenvalue weighted by Crippen LogP contribution is -1.93. The van der Waals surface area contributed by atoms with E-state index in [1.807, 2.05) is 60.7 Å². The zero-order chi connectivity index (χ0) is 28.7. The molecule has 0 radical (unpaired) electrons. The van der Waals surface area contributed by atoms with Crippen LogP contribution in [-0.2, 0) is 0 Å². The molecule has 0 aliphatic heterocycles. The highest BCUT2D eigenvalue weighted by molar-refractivity contribution is 7.26. The second-order valence-corrected chi connectivity index (χ2v) is 11.8. The van der Waals surface area contributed by atoms with E-state index in [0.29, 0.717) is 11.1 Å². The summed E-state index contributed by atoms with van der Waals surface area (Å²) in [5, 5.41) is 26.4. The molecular formula is C38H19N3OS. The standard InChI is InChI=1S/C38H19N3OS/c39-20-22-12-14-33-29(16-22)26-6-1-3-9-32(26)41(33)34-10-5-8-28-31-19-24(17-25(21-40)37(31)43-38(28)34)23-13-15-36-30(18-23)27-7-2-4-11-35(27)42-36/h1-19H. The van der Waals surface area contributed by atoms with Gasteiger partial charge in [0.25, 0.3) is 0 Å². The van der Waals surface area contributed by atoms with Crippen molar-refractivity contribution in [1.29, 1.82) is 10.5 Å². The molecule has 198 valence electrons. The minimum atomic E-state index is 0.642. The molecule has 4 nitrogen and oxygen atoms in total. The van der Waals surface area contributed by atoms with Crippen LogP contribution < -0.4 is 0 Å². The number of para-hydroxylation sites is 2. The molecule has 0 aliphatic rings. The molecule has 9 aromatic rings. The number of thiophene rings is 1. The van der Waals surface area contributed by atoms with Crippen LogP contribution in [0.5, 0.6) is 0 Å². The van der Waals surface area contributed by atoms with Crippen LogP contribution in [0.4, 0.5) is 0 Å². The Hall–Kier alpha value is -5.88. The first-order valence-electron chi connectivity index (χ1n) is 14.0. The van der Waals surface area contributed by atoms with Crippen LogP contribution in [0.3, 0.4) is 0 Å². The molecular weight excluding hydrogens is 547 g/mol. The fourth-order valence-corrected chi connectivity index (χ4v) is 7.77. The third-order valence-electron chi connectivity index (χ3n) is 8.45. The topological polar surface area (TPSA) is 65.7 Å². The molecule has 0 unspecified atom stereocenters. The minimum Gasteiger partial charge on any atom is -0.456 e. The quantitative estimate of drug-likeness (QED) is 0.209. The lowest BCUT2D eigenvalue weighted by molar-refractivity contribution is 0.669. The SMILES string of the molecule is N#Cc1ccc2c(c1)c1ccccc1n2-c1cccc2c1sc1c(C#N)cc(-c3ccc4oc5ccccc5c4c3)cc12. The summed E-state index contributed by atoms with van der Waals surface area (Å²) in [6.07, 6.45) is 0. The number of aromatic nitrogens is 1. The summed E-state index contributed by atoms with van der Waals surface area (Å²) in [5.41, 5.74) is 8.27. The van der Waals surface area contributed by atoms with Gasteiger partial charge in [-0.25, -0.2) is 0 Å². The van der Waals surface area contributed by atoms with Crippen molar-refractivity contribution in [2.75, 3.05) is 0 Å². The molecule has 0 saturated carbocycles. The summed E-state index contributed by atoms with van der Waals surface area (Å²) in [5.74, 6) is 0. The van der Waals surface area contributed by atoms with Crippen LogP contribution in [-0.4, -0.2) is 4.57 Å². The highest BCUT2D eigenvalue weighted by atomic mass is 32.1. The number of rotatable bonds is 2. The van der Waals surface area contributed by atoms with E-state index in [0.717, 1.165) is 80.7 Å². The second kappa shape index (κ2) is 8.81. The van der Waals surface area contributed by atoms with Gasteiger partial charge in [-0.05, 0) is 71.8 Å². The summed E-state index contributed by atoms with van der Waals surface area (Å²) < 4.78 is 10.4. The zero-order valence-corrected chi connectivity index (χ0v) is 23.4. The molecule has 0 spiro atoms. The summed E-state index contributed by atoms with van der Waals surface area (Å²) in [6.45, 7) is 0. The van der Waals surface area contributed by atoms with Gasteiger partial charge in [0.2, 0.25) is 0 Å². The number of hydrogen-bond acceptors (Lipinski definition) is 4. The monoisotopic (exact) mass is 565 g/mol. The molecule has 3 heterocycles. The van der Waals surface area contributed by atoms with E-state index in [9.17, 15) is 10.5 Å². The number of fused-ring (bicyclic) bond motifs is 9. The fraction of sp³-hybridized carbons (Fsp3) is 0. The molecule has 0 atom stereocenters. The second-order valence-electron chi connectivity index (χ2n) is 10.8. The minimum absolute atomic E-state index is 0.642. The van der Waals surface area contributed by atoms with Gasteiger partial charge in [-0.3, -0.25) is 0 Å². The van der Waals surface area contributed by atoms with Gasteiger partial charge in [-0.2, -0.15) is 10.5 Å². The van der Waals surface area contributed by atoms with Gasteiger partial charge in [0.15, 0.2) is 0 Å². The Kier molecular flexibility index (Phi) is 4.87. The largest absolute Gasteiger partial charge is 0.456 e. The molecule has 0 saturated heterocycles. The van der Waals surface area contributed by atoms with Crippen LogP contribution in [0.1, 0.15) is 11.1 Å². The summed E-state index contributed by atoms with van der Waals surface area (Å²) in [7, 11) is 0. The van der Waals surface area contributed by atoms with E-state index < -0.39 is 0 Å². The lowest BCUT2D eigenvalue weighted by Gasteiger charge is -2.09. The molecule has 5 heteroatoms. The van der Waals surface area contributed by atoms with Crippen LogP contribution in [0, 0.1) is 22.7 Å². The maximum Gasteiger partial charge on any atom is 0.135 e. The lowest BCUT2D eigenvalue weighted by atomic mass is 9.98. The summed E-state index contributed by atoms with van der Waals surface area (Å²) >= 11 is 1.66. The van der Waals surface area contributed by atoms with Crippen molar-refractivity contribution in [3.63, 3.8) is 0 Å². The molecule has 3 aromatic heterocycles.